The van der Waals surface area contributed by atoms with Gasteiger partial charge in [-0.15, -0.1) is 0 Å². The average molecular weight is 340 g/mol. The van der Waals surface area contributed by atoms with Crippen LogP contribution >= 0.6 is 0 Å². The molecule has 0 amide bonds. The van der Waals surface area contributed by atoms with E-state index in [-0.39, 0.29) is 30.8 Å². The molecule has 0 aromatic heterocycles. The molecule has 0 unspecified atom stereocenters. The normalized spacial score (nSPS) is 12.5. The lowest BCUT2D eigenvalue weighted by atomic mass is 10.0. The van der Waals surface area contributed by atoms with E-state index in [9.17, 15) is 9.59 Å². The van der Waals surface area contributed by atoms with Gasteiger partial charge in [-0.25, -0.2) is 0 Å². The van der Waals surface area contributed by atoms with Crippen molar-refractivity contribution in [1.82, 2.24) is 0 Å². The maximum Gasteiger partial charge on any atom is 0.163 e. The van der Waals surface area contributed by atoms with Crippen molar-refractivity contribution in [2.45, 2.75) is 19.3 Å². The fourth-order valence-corrected chi connectivity index (χ4v) is 2.69. The summed E-state index contributed by atoms with van der Waals surface area (Å²) in [6, 6.07) is 12.4. The second-order valence-corrected chi connectivity index (χ2v) is 5.85. The van der Waals surface area contributed by atoms with Crippen LogP contribution in [-0.4, -0.2) is 31.9 Å². The first kappa shape index (κ1) is 17.0. The number of Topliss-reactive ketones (excluding diaryl/α,β-unsaturated/α-hetero) is 2. The molecule has 0 N–H and O–H groups in total. The zero-order valence-corrected chi connectivity index (χ0v) is 14.1. The lowest BCUT2D eigenvalue weighted by Crippen LogP contribution is -2.15. The lowest BCUT2D eigenvalue weighted by molar-refractivity contribution is -0.118. The topological polar surface area (TPSA) is 61.8 Å². The number of fused-ring (bicyclic) bond motifs is 1. The Morgan fingerprint density at radius 3 is 2.40 bits per heavy atom. The maximum atomic E-state index is 12.2. The SMILES string of the molecule is COc1ccc(C(=O)CCC(=O)Cc2ccc3c(c2)OCCO3)cc1. The molecule has 5 nitrogen and oxygen atoms in total. The minimum absolute atomic E-state index is 0.0264. The van der Waals surface area contributed by atoms with E-state index in [1.807, 2.05) is 18.2 Å². The van der Waals surface area contributed by atoms with Gasteiger partial charge < -0.3 is 14.2 Å². The number of ether oxygens (including phenoxy) is 3. The highest BCUT2D eigenvalue weighted by atomic mass is 16.6. The molecule has 0 fully saturated rings. The van der Waals surface area contributed by atoms with E-state index in [0.29, 0.717) is 36.0 Å². The van der Waals surface area contributed by atoms with Crippen LogP contribution in [0, 0.1) is 0 Å². The van der Waals surface area contributed by atoms with Crippen molar-refractivity contribution in [1.29, 1.82) is 0 Å². The first-order valence-electron chi connectivity index (χ1n) is 8.23. The first-order valence-corrected chi connectivity index (χ1v) is 8.23. The number of methoxy groups -OCH3 is 1. The Kier molecular flexibility index (Phi) is 5.33. The maximum absolute atomic E-state index is 12.2. The summed E-state index contributed by atoms with van der Waals surface area (Å²) in [5.41, 5.74) is 1.46. The van der Waals surface area contributed by atoms with E-state index >= 15 is 0 Å². The third-order valence-electron chi connectivity index (χ3n) is 4.05. The zero-order chi connectivity index (χ0) is 17.6. The number of benzene rings is 2. The van der Waals surface area contributed by atoms with Crippen LogP contribution in [0.2, 0.25) is 0 Å². The summed E-state index contributed by atoms with van der Waals surface area (Å²) < 4.78 is 16.1. The van der Waals surface area contributed by atoms with E-state index in [4.69, 9.17) is 14.2 Å². The van der Waals surface area contributed by atoms with Crippen LogP contribution in [0.3, 0.4) is 0 Å². The molecular weight excluding hydrogens is 320 g/mol. The van der Waals surface area contributed by atoms with Crippen LogP contribution in [0.4, 0.5) is 0 Å². The van der Waals surface area contributed by atoms with E-state index < -0.39 is 0 Å². The molecule has 2 aromatic rings. The minimum atomic E-state index is -0.0434. The van der Waals surface area contributed by atoms with Gasteiger partial charge in [-0.3, -0.25) is 9.59 Å². The number of carbonyl (C=O) groups is 2. The highest BCUT2D eigenvalue weighted by molar-refractivity contribution is 5.98. The largest absolute Gasteiger partial charge is 0.497 e. The second kappa shape index (κ2) is 7.83. The van der Waals surface area contributed by atoms with Crippen LogP contribution < -0.4 is 14.2 Å². The molecule has 0 spiro atoms. The molecule has 0 radical (unpaired) electrons. The molecular formula is C20H20O5. The van der Waals surface area contributed by atoms with Crippen molar-refractivity contribution in [2.75, 3.05) is 20.3 Å². The van der Waals surface area contributed by atoms with Crippen molar-refractivity contribution >= 4 is 11.6 Å². The van der Waals surface area contributed by atoms with Crippen molar-refractivity contribution < 1.29 is 23.8 Å². The zero-order valence-electron chi connectivity index (χ0n) is 14.1. The Morgan fingerprint density at radius 2 is 1.68 bits per heavy atom. The Labute approximate surface area is 146 Å². The second-order valence-electron chi connectivity index (χ2n) is 5.85. The lowest BCUT2D eigenvalue weighted by Gasteiger charge is -2.18. The molecule has 3 rings (SSSR count). The molecule has 0 saturated heterocycles. The number of hydrogen-bond acceptors (Lipinski definition) is 5. The molecule has 0 bridgehead atoms. The van der Waals surface area contributed by atoms with Gasteiger partial charge in [-0.2, -0.15) is 0 Å². The molecule has 2 aromatic carbocycles. The first-order chi connectivity index (χ1) is 12.2. The Balaban J connectivity index is 1.53. The molecule has 130 valence electrons. The third-order valence-corrected chi connectivity index (χ3v) is 4.05. The quantitative estimate of drug-likeness (QED) is 0.724. The number of ketones is 2. The highest BCUT2D eigenvalue weighted by Crippen LogP contribution is 2.31. The summed E-state index contributed by atoms with van der Waals surface area (Å²) >= 11 is 0. The fraction of sp³-hybridized carbons (Fsp3) is 0.300. The van der Waals surface area contributed by atoms with Gasteiger partial charge in [0.2, 0.25) is 0 Å². The monoisotopic (exact) mass is 340 g/mol. The standard InChI is InChI=1S/C20H20O5/c1-23-17-6-3-15(4-7-17)18(22)8-5-16(21)12-14-2-9-19-20(13-14)25-11-10-24-19/h2-4,6-7,9,13H,5,8,10-12H2,1H3. The summed E-state index contributed by atoms with van der Waals surface area (Å²) in [5, 5.41) is 0. The number of rotatable bonds is 7. The summed E-state index contributed by atoms with van der Waals surface area (Å²) in [4.78, 5) is 24.3. The molecule has 1 aliphatic rings. The van der Waals surface area contributed by atoms with Crippen LogP contribution in [-0.2, 0) is 11.2 Å². The fourth-order valence-electron chi connectivity index (χ4n) is 2.69. The van der Waals surface area contributed by atoms with E-state index in [0.717, 1.165) is 5.56 Å². The highest BCUT2D eigenvalue weighted by Gasteiger charge is 2.14. The van der Waals surface area contributed by atoms with Crippen LogP contribution in [0.5, 0.6) is 17.2 Å². The van der Waals surface area contributed by atoms with Gasteiger partial charge in [0.05, 0.1) is 7.11 Å². The van der Waals surface area contributed by atoms with Crippen LogP contribution in [0.1, 0.15) is 28.8 Å². The number of hydrogen-bond donors (Lipinski definition) is 0. The summed E-state index contributed by atoms with van der Waals surface area (Å²) in [5.74, 6) is 2.06. The summed E-state index contributed by atoms with van der Waals surface area (Å²) in [6.45, 7) is 1.06. The van der Waals surface area contributed by atoms with Crippen LogP contribution in [0.15, 0.2) is 42.5 Å². The average Bonchev–Trinajstić information content (AvgIpc) is 2.66. The summed E-state index contributed by atoms with van der Waals surface area (Å²) in [7, 11) is 1.58. The van der Waals surface area contributed by atoms with Crippen molar-refractivity contribution in [2.24, 2.45) is 0 Å². The Bertz CT molecular complexity index is 764. The minimum Gasteiger partial charge on any atom is -0.497 e. The van der Waals surface area contributed by atoms with Gasteiger partial charge in [0.15, 0.2) is 17.3 Å². The smallest absolute Gasteiger partial charge is 0.163 e. The van der Waals surface area contributed by atoms with Gasteiger partial charge in [-0.05, 0) is 42.0 Å². The molecule has 0 saturated carbocycles. The van der Waals surface area contributed by atoms with Crippen molar-refractivity contribution in [3.63, 3.8) is 0 Å². The molecule has 1 heterocycles. The van der Waals surface area contributed by atoms with E-state index in [2.05, 4.69) is 0 Å². The van der Waals surface area contributed by atoms with Gasteiger partial charge in [0, 0.05) is 24.8 Å². The van der Waals surface area contributed by atoms with E-state index in [1.54, 1.807) is 31.4 Å². The van der Waals surface area contributed by atoms with E-state index in [1.165, 1.54) is 0 Å². The molecule has 5 heteroatoms. The Morgan fingerprint density at radius 1 is 0.960 bits per heavy atom. The Hall–Kier alpha value is -2.82. The predicted octanol–water partition coefficient (Wildman–Crippen LogP) is 3.24. The van der Waals surface area contributed by atoms with Gasteiger partial charge in [-0.1, -0.05) is 6.07 Å². The number of carbonyl (C=O) groups excluding carboxylic acids is 2. The van der Waals surface area contributed by atoms with Crippen LogP contribution in [0.25, 0.3) is 0 Å². The van der Waals surface area contributed by atoms with Gasteiger partial charge >= 0.3 is 0 Å². The van der Waals surface area contributed by atoms with Crippen molar-refractivity contribution in [3.05, 3.63) is 53.6 Å². The molecule has 25 heavy (non-hydrogen) atoms. The predicted molar refractivity (Wildman–Crippen MR) is 92.7 cm³/mol. The van der Waals surface area contributed by atoms with Gasteiger partial charge in [0.1, 0.15) is 24.7 Å². The molecule has 1 aliphatic heterocycles. The van der Waals surface area contributed by atoms with Crippen molar-refractivity contribution in [3.8, 4) is 17.2 Å². The summed E-state index contributed by atoms with van der Waals surface area (Å²) in [6.07, 6.45) is 0.710. The molecule has 0 aliphatic carbocycles. The van der Waals surface area contributed by atoms with Gasteiger partial charge in [0.25, 0.3) is 0 Å². The third kappa shape index (κ3) is 4.38. The molecule has 0 atom stereocenters.